The van der Waals surface area contributed by atoms with Gasteiger partial charge in [-0.1, -0.05) is 6.07 Å². The molecular formula is C16H22Cl2N4OS. The molecule has 3 heterocycles. The summed E-state index contributed by atoms with van der Waals surface area (Å²) in [7, 11) is 0. The summed E-state index contributed by atoms with van der Waals surface area (Å²) in [5.41, 5.74) is 7.46. The summed E-state index contributed by atoms with van der Waals surface area (Å²) in [4.78, 5) is 23.3. The third kappa shape index (κ3) is 4.89. The number of likely N-dealkylation sites (tertiary alicyclic amines) is 1. The number of carbonyl (C=O) groups is 1. The van der Waals surface area contributed by atoms with Crippen molar-refractivity contribution in [1.82, 2.24) is 14.9 Å². The first-order valence-electron chi connectivity index (χ1n) is 7.63. The van der Waals surface area contributed by atoms with E-state index in [1.807, 2.05) is 28.5 Å². The molecule has 0 aromatic carbocycles. The zero-order valence-corrected chi connectivity index (χ0v) is 15.7. The lowest BCUT2D eigenvalue weighted by atomic mass is 10.0. The number of hydrogen-bond acceptors (Lipinski definition) is 5. The maximum absolute atomic E-state index is 12.5. The van der Waals surface area contributed by atoms with Gasteiger partial charge in [-0.05, 0) is 31.4 Å². The first kappa shape index (κ1) is 20.8. The highest BCUT2D eigenvalue weighted by molar-refractivity contribution is 7.13. The smallest absolute Gasteiger partial charge is 0.228 e. The van der Waals surface area contributed by atoms with Crippen LogP contribution in [0.3, 0.4) is 0 Å². The quantitative estimate of drug-likeness (QED) is 0.873. The molecule has 8 heteroatoms. The Kier molecular flexibility index (Phi) is 8.62. The number of amides is 1. The van der Waals surface area contributed by atoms with Crippen LogP contribution in [0.15, 0.2) is 29.8 Å². The number of pyridine rings is 1. The number of halogens is 2. The summed E-state index contributed by atoms with van der Waals surface area (Å²) in [6.07, 6.45) is 5.34. The lowest BCUT2D eigenvalue weighted by Gasteiger charge is -2.35. The van der Waals surface area contributed by atoms with E-state index in [4.69, 9.17) is 5.73 Å². The third-order valence-corrected chi connectivity index (χ3v) is 4.90. The third-order valence-electron chi connectivity index (χ3n) is 3.99. The minimum absolute atomic E-state index is 0. The van der Waals surface area contributed by atoms with Gasteiger partial charge in [0.15, 0.2) is 0 Å². The first-order chi connectivity index (χ1) is 10.8. The van der Waals surface area contributed by atoms with Gasteiger partial charge in [-0.3, -0.25) is 9.78 Å². The molecular weight excluding hydrogens is 367 g/mol. The van der Waals surface area contributed by atoms with Gasteiger partial charge < -0.3 is 10.6 Å². The summed E-state index contributed by atoms with van der Waals surface area (Å²) in [6.45, 7) is 1.36. The maximum atomic E-state index is 12.5. The van der Waals surface area contributed by atoms with E-state index in [1.165, 1.54) is 11.3 Å². The molecule has 0 spiro atoms. The standard InChI is InChI=1S/C16H20N4OS.2ClH/c17-10-13-5-2-4-8-20(13)15(21)9-12-11-22-16(19-12)14-6-1-3-7-18-14;;/h1,3,6-7,11,13H,2,4-5,8-10,17H2;2*1H. The van der Waals surface area contributed by atoms with Crippen molar-refractivity contribution in [2.24, 2.45) is 5.73 Å². The molecule has 2 N–H and O–H groups in total. The fraction of sp³-hybridized carbons (Fsp3) is 0.438. The Bertz CT molecular complexity index is 638. The number of hydrogen-bond donors (Lipinski definition) is 1. The number of carbonyl (C=O) groups excluding carboxylic acids is 1. The van der Waals surface area contributed by atoms with E-state index >= 15 is 0 Å². The predicted octanol–water partition coefficient (Wildman–Crippen LogP) is 2.93. The molecule has 0 aliphatic carbocycles. The lowest BCUT2D eigenvalue weighted by molar-refractivity contribution is -0.133. The van der Waals surface area contributed by atoms with E-state index in [2.05, 4.69) is 9.97 Å². The largest absolute Gasteiger partial charge is 0.338 e. The second kappa shape index (κ2) is 9.93. The number of nitrogens with zero attached hydrogens (tertiary/aromatic N) is 3. The van der Waals surface area contributed by atoms with Crippen LogP contribution in [0.4, 0.5) is 0 Å². The summed E-state index contributed by atoms with van der Waals surface area (Å²) in [6, 6.07) is 5.94. The number of nitrogens with two attached hydrogens (primary N) is 1. The van der Waals surface area contributed by atoms with E-state index in [-0.39, 0.29) is 36.8 Å². The van der Waals surface area contributed by atoms with Gasteiger partial charge >= 0.3 is 0 Å². The zero-order valence-electron chi connectivity index (χ0n) is 13.3. The van der Waals surface area contributed by atoms with Gasteiger partial charge in [0.05, 0.1) is 17.8 Å². The SMILES string of the molecule is Cl.Cl.NCC1CCCCN1C(=O)Cc1csc(-c2ccccn2)n1. The Morgan fingerprint density at radius 1 is 1.33 bits per heavy atom. The van der Waals surface area contributed by atoms with Gasteiger partial charge in [0.25, 0.3) is 0 Å². The molecule has 1 saturated heterocycles. The van der Waals surface area contributed by atoms with Crippen molar-refractivity contribution in [2.45, 2.75) is 31.7 Å². The summed E-state index contributed by atoms with van der Waals surface area (Å²) < 4.78 is 0. The van der Waals surface area contributed by atoms with Crippen molar-refractivity contribution in [3.8, 4) is 10.7 Å². The van der Waals surface area contributed by atoms with Crippen LogP contribution in [0.2, 0.25) is 0 Å². The fourth-order valence-electron chi connectivity index (χ4n) is 2.83. The van der Waals surface area contributed by atoms with Crippen molar-refractivity contribution in [2.75, 3.05) is 13.1 Å². The molecule has 0 radical (unpaired) electrons. The molecule has 1 atom stereocenters. The van der Waals surface area contributed by atoms with Crippen LogP contribution in [0.25, 0.3) is 10.7 Å². The first-order valence-corrected chi connectivity index (χ1v) is 8.51. The van der Waals surface area contributed by atoms with Crippen molar-refractivity contribution in [3.05, 3.63) is 35.5 Å². The van der Waals surface area contributed by atoms with Crippen LogP contribution >= 0.6 is 36.2 Å². The predicted molar refractivity (Wildman–Crippen MR) is 102 cm³/mol. The number of piperidine rings is 1. The average molecular weight is 389 g/mol. The van der Waals surface area contributed by atoms with Gasteiger partial charge in [0.2, 0.25) is 5.91 Å². The molecule has 0 bridgehead atoms. The summed E-state index contributed by atoms with van der Waals surface area (Å²) >= 11 is 1.53. The minimum atomic E-state index is 0. The van der Waals surface area contributed by atoms with E-state index in [1.54, 1.807) is 6.20 Å². The molecule has 24 heavy (non-hydrogen) atoms. The molecule has 132 valence electrons. The van der Waals surface area contributed by atoms with Crippen molar-refractivity contribution < 1.29 is 4.79 Å². The topological polar surface area (TPSA) is 72.1 Å². The molecule has 2 aromatic heterocycles. The van der Waals surface area contributed by atoms with Crippen LogP contribution in [0.1, 0.15) is 25.0 Å². The number of aromatic nitrogens is 2. The molecule has 1 fully saturated rings. The molecule has 1 aliphatic heterocycles. The van der Waals surface area contributed by atoms with Gasteiger partial charge in [0.1, 0.15) is 5.01 Å². The van der Waals surface area contributed by atoms with Crippen molar-refractivity contribution in [3.63, 3.8) is 0 Å². The molecule has 1 aliphatic rings. The van der Waals surface area contributed by atoms with E-state index in [9.17, 15) is 4.79 Å². The van der Waals surface area contributed by atoms with Gasteiger partial charge in [-0.2, -0.15) is 0 Å². The molecule has 3 rings (SSSR count). The van der Waals surface area contributed by atoms with Crippen molar-refractivity contribution >= 4 is 42.1 Å². The van der Waals surface area contributed by atoms with Gasteiger partial charge in [-0.15, -0.1) is 36.2 Å². The van der Waals surface area contributed by atoms with Gasteiger partial charge in [-0.25, -0.2) is 4.98 Å². The molecule has 2 aromatic rings. The Morgan fingerprint density at radius 3 is 2.88 bits per heavy atom. The lowest BCUT2D eigenvalue weighted by Crippen LogP contribution is -2.48. The maximum Gasteiger partial charge on any atom is 0.228 e. The number of thiazole rings is 1. The Morgan fingerprint density at radius 2 is 2.17 bits per heavy atom. The van der Waals surface area contributed by atoms with E-state index in [0.717, 1.165) is 42.2 Å². The Balaban J connectivity index is 0.00000144. The van der Waals surface area contributed by atoms with Crippen LogP contribution in [0, 0.1) is 0 Å². The Labute approximate surface area is 158 Å². The molecule has 0 saturated carbocycles. The van der Waals surface area contributed by atoms with E-state index in [0.29, 0.717) is 13.0 Å². The second-order valence-corrected chi connectivity index (χ2v) is 6.37. The molecule has 1 unspecified atom stereocenters. The van der Waals surface area contributed by atoms with Crippen LogP contribution in [-0.2, 0) is 11.2 Å². The Hall–Kier alpha value is -1.21. The highest BCUT2D eigenvalue weighted by atomic mass is 35.5. The second-order valence-electron chi connectivity index (χ2n) is 5.51. The highest BCUT2D eigenvalue weighted by Gasteiger charge is 2.26. The summed E-state index contributed by atoms with van der Waals surface area (Å²) in [5.74, 6) is 0.132. The number of rotatable bonds is 4. The minimum Gasteiger partial charge on any atom is -0.338 e. The molecule has 5 nitrogen and oxygen atoms in total. The van der Waals surface area contributed by atoms with Crippen LogP contribution < -0.4 is 5.73 Å². The molecule has 1 amide bonds. The van der Waals surface area contributed by atoms with Crippen molar-refractivity contribution in [1.29, 1.82) is 0 Å². The van der Waals surface area contributed by atoms with Crippen LogP contribution in [0.5, 0.6) is 0 Å². The van der Waals surface area contributed by atoms with E-state index < -0.39 is 0 Å². The normalized spacial score (nSPS) is 16.9. The highest BCUT2D eigenvalue weighted by Crippen LogP contribution is 2.23. The van der Waals surface area contributed by atoms with Crippen LogP contribution in [-0.4, -0.2) is 39.9 Å². The fourth-order valence-corrected chi connectivity index (χ4v) is 3.62. The average Bonchev–Trinajstić information content (AvgIpc) is 3.04. The summed E-state index contributed by atoms with van der Waals surface area (Å²) in [5, 5.41) is 2.81. The van der Waals surface area contributed by atoms with Gasteiger partial charge in [0, 0.05) is 30.7 Å². The monoisotopic (exact) mass is 388 g/mol. The zero-order chi connectivity index (χ0) is 15.4.